The standard InChI is InChI=1S/C32H22N8O11S2.2Na.2H/c33-25-9-1-17-13-21(52(45,46)47)5-7-23(17)31(25)19-3-11-27(29(15-19)39(41)42)35-37-51-38-36-28-12-4-20(16-30(28)40(43)44)32-24-8-6-22(53(48,49)50)14-18(24)2-10-26(32)34;;;;/h1-16H,33-34H2,(H,45,46,47)(H,48,49,50);;;;/q;2*+1;2*-1. The van der Waals surface area contributed by atoms with Crippen LogP contribution in [0.15, 0.2) is 128 Å². The Balaban J connectivity index is 0.00000280. The SMILES string of the molecule is Nc1ccc2cc(S(=O)(=O)O)ccc2c1-c1ccc(N=NON=Nc2ccc(-c3c(N)ccc4cc(S(=O)(=O)O)ccc34)cc2[N+](=O)[O-])c([N+](=O)[O-])c1.[H-].[H-].[Na+].[Na+]. The van der Waals surface area contributed by atoms with Gasteiger partial charge in [0.2, 0.25) is 0 Å². The number of nitrogens with two attached hydrogens (primary N) is 2. The summed E-state index contributed by atoms with van der Waals surface area (Å²) < 4.78 is 65.2. The molecule has 0 spiro atoms. The Hall–Kier alpha value is -4.94. The summed E-state index contributed by atoms with van der Waals surface area (Å²) in [5, 5.41) is 39.5. The molecule has 0 fully saturated rings. The number of nitro groups is 2. The minimum atomic E-state index is -4.49. The average Bonchev–Trinajstić information content (AvgIpc) is 3.10. The first-order valence-corrected chi connectivity index (χ1v) is 17.6. The zero-order valence-electron chi connectivity index (χ0n) is 30.5. The monoisotopic (exact) mass is 806 g/mol. The summed E-state index contributed by atoms with van der Waals surface area (Å²) in [7, 11) is -8.98. The van der Waals surface area contributed by atoms with Gasteiger partial charge in [-0.2, -0.15) is 16.8 Å². The third-order valence-electron chi connectivity index (χ3n) is 7.93. The molecule has 0 radical (unpaired) electrons. The number of nitrogens with zero attached hydrogens (tertiary/aromatic N) is 6. The Kier molecular flexibility index (Phi) is 13.1. The fourth-order valence-corrected chi connectivity index (χ4v) is 6.61. The van der Waals surface area contributed by atoms with Crippen LogP contribution in [0.5, 0.6) is 0 Å². The number of nitro benzene ring substituents is 2. The molecule has 0 heterocycles. The molecule has 0 aliphatic carbocycles. The summed E-state index contributed by atoms with van der Waals surface area (Å²) in [6, 6.07) is 21.3. The van der Waals surface area contributed by atoms with Crippen LogP contribution < -0.4 is 70.6 Å². The maximum atomic E-state index is 12.0. The molecular weight excluding hydrogens is 783 g/mol. The second kappa shape index (κ2) is 16.8. The number of benzene rings is 6. The van der Waals surface area contributed by atoms with E-state index < -0.39 is 41.5 Å². The van der Waals surface area contributed by atoms with E-state index in [9.17, 15) is 46.2 Å². The molecule has 0 atom stereocenters. The van der Waals surface area contributed by atoms with E-state index in [4.69, 9.17) is 11.5 Å². The summed E-state index contributed by atoms with van der Waals surface area (Å²) >= 11 is 0. The Morgan fingerprint density at radius 2 is 0.964 bits per heavy atom. The summed E-state index contributed by atoms with van der Waals surface area (Å²) in [6.07, 6.45) is 0. The smallest absolute Gasteiger partial charge is 1.00 e. The Bertz CT molecular complexity index is 2650. The number of hydrogen-bond acceptors (Lipinski definition) is 15. The molecule has 0 amide bonds. The van der Waals surface area contributed by atoms with Gasteiger partial charge in [0, 0.05) is 34.6 Å². The van der Waals surface area contributed by atoms with Crippen molar-refractivity contribution in [2.75, 3.05) is 11.5 Å². The molecule has 6 N–H and O–H groups in total. The van der Waals surface area contributed by atoms with Gasteiger partial charge in [-0.25, -0.2) is 4.94 Å². The van der Waals surface area contributed by atoms with Gasteiger partial charge in [-0.15, -0.1) is 10.2 Å². The molecule has 0 saturated carbocycles. The van der Waals surface area contributed by atoms with Crippen LogP contribution in [0, 0.1) is 20.2 Å². The van der Waals surface area contributed by atoms with Crippen molar-refractivity contribution < 1.29 is 103 Å². The molecule has 6 aromatic carbocycles. The summed E-state index contributed by atoms with van der Waals surface area (Å²) in [6.45, 7) is 0. The van der Waals surface area contributed by atoms with Gasteiger partial charge in [-0.05, 0) is 81.2 Å². The van der Waals surface area contributed by atoms with Crippen molar-refractivity contribution in [3.8, 4) is 22.3 Å². The maximum Gasteiger partial charge on any atom is 1.00 e. The Morgan fingerprint density at radius 3 is 1.31 bits per heavy atom. The van der Waals surface area contributed by atoms with Crippen molar-refractivity contribution in [1.82, 2.24) is 0 Å². The van der Waals surface area contributed by atoms with E-state index in [0.717, 1.165) is 0 Å². The first-order chi connectivity index (χ1) is 25.0. The summed E-state index contributed by atoms with van der Waals surface area (Å²) in [5.74, 6) is 0. The van der Waals surface area contributed by atoms with E-state index in [1.54, 1.807) is 0 Å². The van der Waals surface area contributed by atoms with Crippen LogP contribution in [0.1, 0.15) is 2.85 Å². The van der Waals surface area contributed by atoms with Gasteiger partial charge < -0.3 is 14.3 Å². The molecule has 0 aliphatic heterocycles. The molecule has 6 rings (SSSR count). The van der Waals surface area contributed by atoms with Crippen LogP contribution in [-0.2, 0) is 25.2 Å². The van der Waals surface area contributed by atoms with Crippen molar-refractivity contribution >= 4 is 75.9 Å². The van der Waals surface area contributed by atoms with E-state index >= 15 is 0 Å². The predicted molar refractivity (Wildman–Crippen MR) is 193 cm³/mol. The molecule has 23 heteroatoms. The third-order valence-corrected chi connectivity index (χ3v) is 9.63. The molecule has 0 bridgehead atoms. The second-order valence-electron chi connectivity index (χ2n) is 11.1. The minimum absolute atomic E-state index is 0. The topological polar surface area (TPSA) is 306 Å². The molecule has 19 nitrogen and oxygen atoms in total. The van der Waals surface area contributed by atoms with Gasteiger partial charge in [0.15, 0.2) is 11.4 Å². The van der Waals surface area contributed by atoms with Crippen molar-refractivity contribution in [3.05, 3.63) is 117 Å². The number of rotatable bonds is 10. The first-order valence-electron chi connectivity index (χ1n) is 14.7. The fraction of sp³-hybridized carbons (Fsp3) is 0. The maximum absolute atomic E-state index is 12.0. The van der Waals surface area contributed by atoms with E-state index in [0.29, 0.717) is 32.7 Å². The normalized spacial score (nSPS) is 11.7. The molecule has 55 heavy (non-hydrogen) atoms. The zero-order valence-corrected chi connectivity index (χ0v) is 34.1. The number of hydrogen-bond donors (Lipinski definition) is 4. The summed E-state index contributed by atoms with van der Waals surface area (Å²) in [5.41, 5.74) is 12.5. The van der Waals surface area contributed by atoms with E-state index in [1.165, 1.54) is 97.1 Å². The number of anilines is 2. The van der Waals surface area contributed by atoms with Crippen molar-refractivity contribution in [2.24, 2.45) is 20.8 Å². The predicted octanol–water partition coefficient (Wildman–Crippen LogP) is 1.75. The van der Waals surface area contributed by atoms with Crippen molar-refractivity contribution in [1.29, 1.82) is 0 Å². The van der Waals surface area contributed by atoms with Gasteiger partial charge in [-0.3, -0.25) is 29.3 Å². The fourth-order valence-electron chi connectivity index (χ4n) is 5.58. The van der Waals surface area contributed by atoms with Crippen LogP contribution in [-0.4, -0.2) is 35.8 Å². The van der Waals surface area contributed by atoms with Gasteiger partial charge in [0.25, 0.3) is 31.6 Å². The third kappa shape index (κ3) is 9.13. The van der Waals surface area contributed by atoms with E-state index in [-0.39, 0.29) is 106 Å². The molecular formula is C32H24N8Na2O11S2. The molecule has 0 aromatic heterocycles. The zero-order chi connectivity index (χ0) is 38.2. The van der Waals surface area contributed by atoms with Crippen molar-refractivity contribution in [3.63, 3.8) is 0 Å². The average molecular weight is 807 g/mol. The number of nitrogen functional groups attached to an aromatic ring is 2. The molecule has 6 aromatic rings. The quantitative estimate of drug-likeness (QED) is 0.0383. The largest absolute Gasteiger partial charge is 1.00 e. The Labute approximate surface area is 357 Å². The van der Waals surface area contributed by atoms with Crippen LogP contribution >= 0.6 is 0 Å². The van der Waals surface area contributed by atoms with Crippen LogP contribution in [0.25, 0.3) is 43.8 Å². The van der Waals surface area contributed by atoms with Gasteiger partial charge in [0.1, 0.15) is 0 Å². The molecule has 0 saturated heterocycles. The summed E-state index contributed by atoms with van der Waals surface area (Å²) in [4.78, 5) is 26.4. The minimum Gasteiger partial charge on any atom is -1.00 e. The van der Waals surface area contributed by atoms with Gasteiger partial charge >= 0.3 is 59.1 Å². The van der Waals surface area contributed by atoms with Crippen LogP contribution in [0.3, 0.4) is 0 Å². The van der Waals surface area contributed by atoms with E-state index in [1.807, 2.05) is 0 Å². The van der Waals surface area contributed by atoms with Crippen LogP contribution in [0.2, 0.25) is 0 Å². The van der Waals surface area contributed by atoms with Crippen molar-refractivity contribution in [2.45, 2.75) is 9.79 Å². The van der Waals surface area contributed by atoms with E-state index in [2.05, 4.69) is 25.7 Å². The first kappa shape index (κ1) is 42.8. The molecule has 272 valence electrons. The molecule has 0 unspecified atom stereocenters. The Morgan fingerprint density at radius 1 is 0.582 bits per heavy atom. The van der Waals surface area contributed by atoms with Crippen LogP contribution in [0.4, 0.5) is 34.1 Å². The second-order valence-corrected chi connectivity index (χ2v) is 14.0. The van der Waals surface area contributed by atoms with Gasteiger partial charge in [-0.1, -0.05) is 36.4 Å². The number of fused-ring (bicyclic) bond motifs is 2. The van der Waals surface area contributed by atoms with Gasteiger partial charge in [0.05, 0.1) is 30.2 Å². The molecule has 0 aliphatic rings.